The molecule has 2 unspecified atom stereocenters. The summed E-state index contributed by atoms with van der Waals surface area (Å²) in [5.41, 5.74) is 0.346. The fraction of sp³-hybridized carbons (Fsp3) is 0.462. The number of carbonyl (C=O) groups is 1. The van der Waals surface area contributed by atoms with Crippen molar-refractivity contribution in [3.8, 4) is 5.75 Å². The average Bonchev–Trinajstić information content (AvgIpc) is 2.30. The quantitative estimate of drug-likeness (QED) is 0.743. The number of ether oxygens (including phenoxy) is 1. The molecule has 98 valence electrons. The molecule has 2 rings (SSSR count). The lowest BCUT2D eigenvalue weighted by Crippen LogP contribution is -2.36. The Morgan fingerprint density at radius 3 is 2.94 bits per heavy atom. The van der Waals surface area contributed by atoms with Crippen LogP contribution in [0.5, 0.6) is 5.75 Å². The largest absolute Gasteiger partial charge is 0.479 e. The Morgan fingerprint density at radius 1 is 1.56 bits per heavy atom. The Balaban J connectivity index is 2.33. The SMILES string of the molecule is CNCC(C)(O)c1ccc2c(c1)NC(=O)C(C)O2. The van der Waals surface area contributed by atoms with Gasteiger partial charge in [0.15, 0.2) is 6.10 Å². The third-order valence-corrected chi connectivity index (χ3v) is 3.05. The molecule has 0 saturated heterocycles. The molecule has 2 atom stereocenters. The van der Waals surface area contributed by atoms with E-state index in [1.54, 1.807) is 39.1 Å². The van der Waals surface area contributed by atoms with Gasteiger partial charge in [0.25, 0.3) is 5.91 Å². The summed E-state index contributed by atoms with van der Waals surface area (Å²) in [5.74, 6) is 0.457. The zero-order valence-corrected chi connectivity index (χ0v) is 10.8. The summed E-state index contributed by atoms with van der Waals surface area (Å²) >= 11 is 0. The average molecular weight is 250 g/mol. The molecular formula is C13H18N2O3. The van der Waals surface area contributed by atoms with Crippen LogP contribution < -0.4 is 15.4 Å². The van der Waals surface area contributed by atoms with E-state index in [1.807, 2.05) is 0 Å². The first-order valence-electron chi connectivity index (χ1n) is 5.93. The second-order valence-electron chi connectivity index (χ2n) is 4.76. The molecule has 1 aromatic carbocycles. The van der Waals surface area contributed by atoms with Crippen LogP contribution in [0.2, 0.25) is 0 Å². The van der Waals surface area contributed by atoms with Gasteiger partial charge < -0.3 is 20.5 Å². The standard InChI is InChI=1S/C13H18N2O3/c1-8-12(16)15-10-6-9(4-5-11(10)18-8)13(2,17)7-14-3/h4-6,8,14,17H,7H2,1-3H3,(H,15,16). The van der Waals surface area contributed by atoms with Gasteiger partial charge in [-0.2, -0.15) is 0 Å². The maximum absolute atomic E-state index is 11.5. The first-order valence-corrected chi connectivity index (χ1v) is 5.93. The molecule has 1 heterocycles. The molecule has 0 radical (unpaired) electrons. The molecule has 3 N–H and O–H groups in total. The van der Waals surface area contributed by atoms with Crippen molar-refractivity contribution in [3.05, 3.63) is 23.8 Å². The van der Waals surface area contributed by atoms with Crippen molar-refractivity contribution < 1.29 is 14.6 Å². The van der Waals surface area contributed by atoms with E-state index in [1.165, 1.54) is 0 Å². The third kappa shape index (κ3) is 2.32. The highest BCUT2D eigenvalue weighted by atomic mass is 16.5. The summed E-state index contributed by atoms with van der Waals surface area (Å²) in [6, 6.07) is 5.32. The molecule has 0 aliphatic carbocycles. The van der Waals surface area contributed by atoms with E-state index in [0.29, 0.717) is 18.0 Å². The van der Waals surface area contributed by atoms with Crippen molar-refractivity contribution in [3.63, 3.8) is 0 Å². The fourth-order valence-electron chi connectivity index (χ4n) is 1.99. The number of carbonyl (C=O) groups excluding carboxylic acids is 1. The van der Waals surface area contributed by atoms with Gasteiger partial charge in [0.2, 0.25) is 0 Å². The summed E-state index contributed by atoms with van der Waals surface area (Å²) in [7, 11) is 1.78. The maximum Gasteiger partial charge on any atom is 0.265 e. The van der Waals surface area contributed by atoms with Crippen LogP contribution in [0.3, 0.4) is 0 Å². The number of anilines is 1. The third-order valence-electron chi connectivity index (χ3n) is 3.05. The molecule has 1 aromatic rings. The van der Waals surface area contributed by atoms with Crippen molar-refractivity contribution in [1.29, 1.82) is 0 Å². The fourth-order valence-corrected chi connectivity index (χ4v) is 1.99. The second-order valence-corrected chi connectivity index (χ2v) is 4.76. The number of hydrogen-bond acceptors (Lipinski definition) is 4. The lowest BCUT2D eigenvalue weighted by atomic mass is 9.95. The normalized spacial score (nSPS) is 21.6. The van der Waals surface area contributed by atoms with Gasteiger partial charge in [-0.25, -0.2) is 0 Å². The number of nitrogens with one attached hydrogen (secondary N) is 2. The molecule has 1 amide bonds. The van der Waals surface area contributed by atoms with Gasteiger partial charge in [-0.1, -0.05) is 6.07 Å². The minimum absolute atomic E-state index is 0.173. The van der Waals surface area contributed by atoms with E-state index in [-0.39, 0.29) is 5.91 Å². The van der Waals surface area contributed by atoms with Gasteiger partial charge >= 0.3 is 0 Å². The van der Waals surface area contributed by atoms with Crippen molar-refractivity contribution >= 4 is 11.6 Å². The number of benzene rings is 1. The van der Waals surface area contributed by atoms with Crippen LogP contribution in [0.1, 0.15) is 19.4 Å². The van der Waals surface area contributed by atoms with Gasteiger partial charge in [-0.05, 0) is 38.6 Å². The van der Waals surface area contributed by atoms with Crippen LogP contribution in [0.4, 0.5) is 5.69 Å². The van der Waals surface area contributed by atoms with Crippen LogP contribution in [-0.2, 0) is 10.4 Å². The molecule has 0 bridgehead atoms. The number of aliphatic hydroxyl groups is 1. The molecule has 0 aromatic heterocycles. The highest BCUT2D eigenvalue weighted by Crippen LogP contribution is 2.33. The first kappa shape index (κ1) is 12.9. The Labute approximate surface area is 106 Å². The summed E-state index contributed by atoms with van der Waals surface area (Å²) in [5, 5.41) is 16.0. The minimum Gasteiger partial charge on any atom is -0.479 e. The molecule has 18 heavy (non-hydrogen) atoms. The molecule has 1 aliphatic rings. The van der Waals surface area contributed by atoms with Crippen LogP contribution >= 0.6 is 0 Å². The van der Waals surface area contributed by atoms with Crippen molar-refractivity contribution in [1.82, 2.24) is 5.32 Å². The molecule has 1 aliphatic heterocycles. The number of fused-ring (bicyclic) bond motifs is 1. The molecule has 0 spiro atoms. The maximum atomic E-state index is 11.5. The van der Waals surface area contributed by atoms with Gasteiger partial charge in [0.05, 0.1) is 11.3 Å². The summed E-state index contributed by atoms with van der Waals surface area (Å²) < 4.78 is 5.46. The van der Waals surface area contributed by atoms with Gasteiger partial charge in [-0.3, -0.25) is 4.79 Å². The van der Waals surface area contributed by atoms with Crippen molar-refractivity contribution in [2.45, 2.75) is 25.6 Å². The second kappa shape index (κ2) is 4.59. The lowest BCUT2D eigenvalue weighted by Gasteiger charge is -2.27. The molecule has 5 nitrogen and oxygen atoms in total. The van der Waals surface area contributed by atoms with E-state index in [0.717, 1.165) is 5.56 Å². The Hall–Kier alpha value is -1.59. The highest BCUT2D eigenvalue weighted by Gasteiger charge is 2.27. The summed E-state index contributed by atoms with van der Waals surface area (Å²) in [6.45, 7) is 3.85. The highest BCUT2D eigenvalue weighted by molar-refractivity contribution is 5.97. The van der Waals surface area contributed by atoms with Crippen molar-refractivity contribution in [2.75, 3.05) is 18.9 Å². The predicted octanol–water partition coefficient (Wildman–Crippen LogP) is 0.833. The summed E-state index contributed by atoms with van der Waals surface area (Å²) in [4.78, 5) is 11.5. The van der Waals surface area contributed by atoms with Crippen LogP contribution in [0, 0.1) is 0 Å². The zero-order chi connectivity index (χ0) is 13.3. The van der Waals surface area contributed by atoms with E-state index < -0.39 is 11.7 Å². The zero-order valence-electron chi connectivity index (χ0n) is 10.8. The molecule has 0 fully saturated rings. The van der Waals surface area contributed by atoms with E-state index in [4.69, 9.17) is 4.74 Å². The minimum atomic E-state index is -0.989. The molecule has 5 heteroatoms. The van der Waals surface area contributed by atoms with Crippen molar-refractivity contribution in [2.24, 2.45) is 0 Å². The predicted molar refractivity (Wildman–Crippen MR) is 68.7 cm³/mol. The van der Waals surface area contributed by atoms with E-state index in [9.17, 15) is 9.90 Å². The number of rotatable bonds is 3. The topological polar surface area (TPSA) is 70.6 Å². The monoisotopic (exact) mass is 250 g/mol. The van der Waals surface area contributed by atoms with Gasteiger partial charge in [0.1, 0.15) is 5.75 Å². The van der Waals surface area contributed by atoms with Gasteiger partial charge in [0, 0.05) is 6.54 Å². The number of amides is 1. The smallest absolute Gasteiger partial charge is 0.265 e. The molecular weight excluding hydrogens is 232 g/mol. The van der Waals surface area contributed by atoms with Crippen LogP contribution in [0.25, 0.3) is 0 Å². The first-order chi connectivity index (χ1) is 8.44. The Bertz CT molecular complexity index is 471. The Morgan fingerprint density at radius 2 is 2.28 bits per heavy atom. The van der Waals surface area contributed by atoms with E-state index >= 15 is 0 Å². The number of likely N-dealkylation sites (N-methyl/N-ethyl adjacent to an activating group) is 1. The molecule has 0 saturated carbocycles. The van der Waals surface area contributed by atoms with Crippen LogP contribution in [0.15, 0.2) is 18.2 Å². The number of hydrogen-bond donors (Lipinski definition) is 3. The van der Waals surface area contributed by atoms with Gasteiger partial charge in [-0.15, -0.1) is 0 Å². The van der Waals surface area contributed by atoms with E-state index in [2.05, 4.69) is 10.6 Å². The summed E-state index contributed by atoms with van der Waals surface area (Å²) in [6.07, 6.45) is -0.485. The van der Waals surface area contributed by atoms with Crippen LogP contribution in [-0.4, -0.2) is 30.7 Å². The Kier molecular flexibility index (Phi) is 3.28. The lowest BCUT2D eigenvalue weighted by molar-refractivity contribution is -0.122.